The van der Waals surface area contributed by atoms with Crippen LogP contribution in [0, 0.1) is 0 Å². The van der Waals surface area contributed by atoms with Crippen LogP contribution in [0.1, 0.15) is 0 Å². The fourth-order valence-corrected chi connectivity index (χ4v) is 1.42. The lowest BCUT2D eigenvalue weighted by Gasteiger charge is -1.91. The molecule has 1 N–H and O–H groups in total. The van der Waals surface area contributed by atoms with E-state index >= 15 is 0 Å². The molecule has 0 bridgehead atoms. The Morgan fingerprint density at radius 2 is 2.42 bits per heavy atom. The summed E-state index contributed by atoms with van der Waals surface area (Å²) in [5.74, 6) is 0. The Morgan fingerprint density at radius 1 is 1.50 bits per heavy atom. The van der Waals surface area contributed by atoms with Crippen LogP contribution in [-0.4, -0.2) is 14.3 Å². The first kappa shape index (κ1) is 7.17. The molecular formula is C7H5N3OS. The lowest BCUT2D eigenvalue weighted by Crippen LogP contribution is -2.07. The number of aromatic nitrogens is 3. The number of rotatable bonds is 1. The lowest BCUT2D eigenvalue weighted by atomic mass is 10.3. The zero-order valence-corrected chi connectivity index (χ0v) is 6.84. The quantitative estimate of drug-likeness (QED) is 0.707. The molecule has 2 rings (SSSR count). The Bertz CT molecular complexity index is 400. The number of nitrogens with one attached hydrogen (secondary N) is 1. The fraction of sp³-hybridized carbons (Fsp3) is 0. The highest BCUT2D eigenvalue weighted by Gasteiger charge is 1.98. The van der Waals surface area contributed by atoms with Crippen LogP contribution < -0.4 is 5.69 Å². The molecule has 0 aliphatic heterocycles. The SMILES string of the molecule is O=c1ncc(-c2ccns2)c[nH]1. The van der Waals surface area contributed by atoms with E-state index in [-0.39, 0.29) is 5.69 Å². The molecule has 4 nitrogen and oxygen atoms in total. The summed E-state index contributed by atoms with van der Waals surface area (Å²) >= 11 is 1.37. The second-order valence-electron chi connectivity index (χ2n) is 2.18. The summed E-state index contributed by atoms with van der Waals surface area (Å²) in [4.78, 5) is 17.7. The second kappa shape index (κ2) is 2.86. The molecule has 0 unspecified atom stereocenters. The predicted molar refractivity (Wildman–Crippen MR) is 46.0 cm³/mol. The van der Waals surface area contributed by atoms with E-state index in [0.717, 1.165) is 10.4 Å². The van der Waals surface area contributed by atoms with Crippen LogP contribution in [0.25, 0.3) is 10.4 Å². The molecule has 12 heavy (non-hydrogen) atoms. The Hall–Kier alpha value is -1.49. The van der Waals surface area contributed by atoms with Crippen molar-refractivity contribution in [1.29, 1.82) is 0 Å². The van der Waals surface area contributed by atoms with Crippen molar-refractivity contribution in [2.45, 2.75) is 0 Å². The molecule has 0 aliphatic carbocycles. The summed E-state index contributed by atoms with van der Waals surface area (Å²) < 4.78 is 3.94. The molecule has 60 valence electrons. The minimum absolute atomic E-state index is 0.330. The number of aromatic amines is 1. The highest BCUT2D eigenvalue weighted by molar-refractivity contribution is 7.09. The Morgan fingerprint density at radius 3 is 3.00 bits per heavy atom. The van der Waals surface area contributed by atoms with Gasteiger partial charge in [-0.15, -0.1) is 0 Å². The molecule has 2 aromatic rings. The monoisotopic (exact) mass is 179 g/mol. The minimum Gasteiger partial charge on any atom is -0.312 e. The van der Waals surface area contributed by atoms with Gasteiger partial charge in [0.1, 0.15) is 0 Å². The van der Waals surface area contributed by atoms with Gasteiger partial charge in [0.25, 0.3) is 0 Å². The Balaban J connectivity index is 2.49. The summed E-state index contributed by atoms with van der Waals surface area (Å²) in [6.07, 6.45) is 4.88. The van der Waals surface area contributed by atoms with Gasteiger partial charge in [-0.2, -0.15) is 0 Å². The normalized spacial score (nSPS) is 10.0. The number of hydrogen-bond donors (Lipinski definition) is 1. The predicted octanol–water partition coefficient (Wildman–Crippen LogP) is 0.893. The van der Waals surface area contributed by atoms with Gasteiger partial charge in [-0.25, -0.2) is 14.2 Å². The van der Waals surface area contributed by atoms with Gasteiger partial charge < -0.3 is 4.98 Å². The molecular weight excluding hydrogens is 174 g/mol. The second-order valence-corrected chi connectivity index (χ2v) is 3.02. The van der Waals surface area contributed by atoms with E-state index in [1.807, 2.05) is 6.07 Å². The van der Waals surface area contributed by atoms with Crippen molar-refractivity contribution in [3.63, 3.8) is 0 Å². The largest absolute Gasteiger partial charge is 0.344 e. The number of hydrogen-bond acceptors (Lipinski definition) is 4. The van der Waals surface area contributed by atoms with Crippen LogP contribution in [0.3, 0.4) is 0 Å². The summed E-state index contributed by atoms with van der Waals surface area (Å²) in [5.41, 5.74) is 0.556. The van der Waals surface area contributed by atoms with Crippen LogP contribution >= 0.6 is 11.5 Å². The summed E-state index contributed by atoms with van der Waals surface area (Å²) in [6, 6.07) is 1.87. The Kier molecular flexibility index (Phi) is 1.71. The average Bonchev–Trinajstić information content (AvgIpc) is 2.58. The minimum atomic E-state index is -0.330. The van der Waals surface area contributed by atoms with Gasteiger partial charge in [0.2, 0.25) is 0 Å². The molecule has 0 fully saturated rings. The maximum absolute atomic E-state index is 10.6. The summed E-state index contributed by atoms with van der Waals surface area (Å²) in [6.45, 7) is 0. The van der Waals surface area contributed by atoms with Crippen LogP contribution in [0.4, 0.5) is 0 Å². The molecule has 2 heterocycles. The fourth-order valence-electron chi connectivity index (χ4n) is 0.842. The molecule has 0 aromatic carbocycles. The third kappa shape index (κ3) is 1.26. The zero-order chi connectivity index (χ0) is 8.39. The van der Waals surface area contributed by atoms with Gasteiger partial charge in [0, 0.05) is 24.2 Å². The topological polar surface area (TPSA) is 58.6 Å². The first-order chi connectivity index (χ1) is 5.86. The summed E-state index contributed by atoms with van der Waals surface area (Å²) in [5, 5.41) is 0. The van der Waals surface area contributed by atoms with Crippen molar-refractivity contribution >= 4 is 11.5 Å². The van der Waals surface area contributed by atoms with Gasteiger partial charge in [0.15, 0.2) is 0 Å². The standard InChI is InChI=1S/C7H5N3OS/c11-7-8-3-5(4-9-7)6-1-2-10-12-6/h1-4H,(H,8,9,11). The molecule has 5 heteroatoms. The van der Waals surface area contributed by atoms with Crippen LogP contribution in [0.15, 0.2) is 29.5 Å². The molecule has 0 spiro atoms. The maximum Gasteiger partial charge on any atom is 0.344 e. The highest BCUT2D eigenvalue weighted by Crippen LogP contribution is 2.19. The van der Waals surface area contributed by atoms with Crippen molar-refractivity contribution in [1.82, 2.24) is 14.3 Å². The van der Waals surface area contributed by atoms with Crippen molar-refractivity contribution in [3.05, 3.63) is 35.1 Å². The molecule has 0 atom stereocenters. The van der Waals surface area contributed by atoms with Gasteiger partial charge >= 0.3 is 5.69 Å². The maximum atomic E-state index is 10.6. The highest BCUT2D eigenvalue weighted by atomic mass is 32.1. The molecule has 0 saturated heterocycles. The first-order valence-electron chi connectivity index (χ1n) is 3.32. The van der Waals surface area contributed by atoms with Gasteiger partial charge in [0.05, 0.1) is 4.88 Å². The van der Waals surface area contributed by atoms with Crippen LogP contribution in [0.2, 0.25) is 0 Å². The van der Waals surface area contributed by atoms with Crippen molar-refractivity contribution < 1.29 is 0 Å². The van der Waals surface area contributed by atoms with E-state index in [4.69, 9.17) is 0 Å². The molecule has 0 radical (unpaired) electrons. The molecule has 0 aliphatic rings. The van der Waals surface area contributed by atoms with Gasteiger partial charge in [-0.3, -0.25) is 0 Å². The van der Waals surface area contributed by atoms with Crippen LogP contribution in [0.5, 0.6) is 0 Å². The van der Waals surface area contributed by atoms with E-state index in [9.17, 15) is 4.79 Å². The summed E-state index contributed by atoms with van der Waals surface area (Å²) in [7, 11) is 0. The van der Waals surface area contributed by atoms with Crippen molar-refractivity contribution in [3.8, 4) is 10.4 Å². The molecule has 2 aromatic heterocycles. The van der Waals surface area contributed by atoms with E-state index in [0.29, 0.717) is 0 Å². The zero-order valence-electron chi connectivity index (χ0n) is 6.02. The third-order valence-corrected chi connectivity index (χ3v) is 2.19. The molecule has 0 amide bonds. The average molecular weight is 179 g/mol. The molecule has 0 saturated carbocycles. The Labute approximate surface area is 72.1 Å². The first-order valence-corrected chi connectivity index (χ1v) is 4.09. The smallest absolute Gasteiger partial charge is 0.312 e. The van der Waals surface area contributed by atoms with E-state index in [1.165, 1.54) is 17.7 Å². The van der Waals surface area contributed by atoms with E-state index < -0.39 is 0 Å². The van der Waals surface area contributed by atoms with Gasteiger partial charge in [-0.05, 0) is 17.6 Å². The third-order valence-electron chi connectivity index (χ3n) is 1.39. The van der Waals surface area contributed by atoms with Crippen molar-refractivity contribution in [2.24, 2.45) is 0 Å². The van der Waals surface area contributed by atoms with E-state index in [2.05, 4.69) is 14.3 Å². The number of H-pyrrole nitrogens is 1. The number of nitrogens with zero attached hydrogens (tertiary/aromatic N) is 2. The van der Waals surface area contributed by atoms with Crippen molar-refractivity contribution in [2.75, 3.05) is 0 Å². The lowest BCUT2D eigenvalue weighted by molar-refractivity contribution is 1.08. The van der Waals surface area contributed by atoms with Crippen LogP contribution in [-0.2, 0) is 0 Å². The van der Waals surface area contributed by atoms with Gasteiger partial charge in [-0.1, -0.05) is 0 Å². The van der Waals surface area contributed by atoms with E-state index in [1.54, 1.807) is 12.4 Å².